The van der Waals surface area contributed by atoms with Gasteiger partial charge in [0.05, 0.1) is 13.2 Å². The zero-order valence-electron chi connectivity index (χ0n) is 13.2. The largest absolute Gasteiger partial charge is 0.382 e. The fraction of sp³-hybridized carbons (Fsp3) is 0.625. The van der Waals surface area contributed by atoms with Gasteiger partial charge in [0.25, 0.3) is 0 Å². The minimum atomic E-state index is -1.10. The van der Waals surface area contributed by atoms with Gasteiger partial charge in [-0.1, -0.05) is 30.3 Å². The van der Waals surface area contributed by atoms with Crippen LogP contribution in [-0.2, 0) is 30.3 Å². The first kappa shape index (κ1) is 17.3. The van der Waals surface area contributed by atoms with Gasteiger partial charge in [-0.15, -0.1) is 0 Å². The van der Waals surface area contributed by atoms with Crippen molar-refractivity contribution in [2.45, 2.75) is 37.3 Å². The quantitative estimate of drug-likeness (QED) is 0.809. The van der Waals surface area contributed by atoms with Crippen molar-refractivity contribution < 1.29 is 28.8 Å². The Bertz CT molecular complexity index is 426. The number of hydrogen-bond acceptors (Lipinski definition) is 6. The summed E-state index contributed by atoms with van der Waals surface area (Å²) in [6.45, 7) is 0.665. The van der Waals surface area contributed by atoms with Crippen LogP contribution in [0.4, 0.5) is 0 Å². The Morgan fingerprint density at radius 1 is 1.00 bits per heavy atom. The highest BCUT2D eigenvalue weighted by Crippen LogP contribution is 2.27. The molecule has 0 radical (unpaired) electrons. The molecule has 2 rings (SSSR count). The van der Waals surface area contributed by atoms with Gasteiger partial charge in [0.1, 0.15) is 24.4 Å². The molecule has 0 bridgehead atoms. The second-order valence-corrected chi connectivity index (χ2v) is 5.18. The molecule has 1 aromatic carbocycles. The monoisotopic (exact) mass is 312 g/mol. The summed E-state index contributed by atoms with van der Waals surface area (Å²) in [5, 5.41) is 10.2. The van der Waals surface area contributed by atoms with Gasteiger partial charge in [0.2, 0.25) is 0 Å². The van der Waals surface area contributed by atoms with Crippen LogP contribution in [0.25, 0.3) is 0 Å². The van der Waals surface area contributed by atoms with Gasteiger partial charge in [0.15, 0.2) is 6.29 Å². The van der Waals surface area contributed by atoms with Crippen molar-refractivity contribution in [2.24, 2.45) is 0 Å². The van der Waals surface area contributed by atoms with Crippen molar-refractivity contribution in [1.29, 1.82) is 0 Å². The van der Waals surface area contributed by atoms with E-state index in [4.69, 9.17) is 23.7 Å². The van der Waals surface area contributed by atoms with Gasteiger partial charge in [-0.3, -0.25) is 0 Å². The molecule has 6 nitrogen and oxygen atoms in total. The van der Waals surface area contributed by atoms with Crippen LogP contribution >= 0.6 is 0 Å². The number of benzene rings is 1. The molecule has 22 heavy (non-hydrogen) atoms. The fourth-order valence-electron chi connectivity index (χ4n) is 2.69. The molecular weight excluding hydrogens is 288 g/mol. The first-order valence-electron chi connectivity index (χ1n) is 7.24. The molecule has 1 aliphatic rings. The Balaban J connectivity index is 2.05. The van der Waals surface area contributed by atoms with E-state index in [0.717, 1.165) is 5.56 Å². The molecule has 1 aliphatic heterocycles. The van der Waals surface area contributed by atoms with Gasteiger partial charge < -0.3 is 28.8 Å². The van der Waals surface area contributed by atoms with Crippen molar-refractivity contribution in [3.05, 3.63) is 35.9 Å². The molecule has 1 saturated heterocycles. The SMILES string of the molecule is COC[C@H]1O[C@H](O)[C@H](OCc2ccccc2)[C@@H](OC)[C@H]1OC. The Kier molecular flexibility index (Phi) is 6.75. The van der Waals surface area contributed by atoms with E-state index in [1.807, 2.05) is 30.3 Å². The van der Waals surface area contributed by atoms with Crippen LogP contribution in [0.3, 0.4) is 0 Å². The van der Waals surface area contributed by atoms with E-state index in [9.17, 15) is 5.11 Å². The summed E-state index contributed by atoms with van der Waals surface area (Å²) in [6.07, 6.45) is -2.97. The van der Waals surface area contributed by atoms with E-state index in [1.165, 1.54) is 0 Å². The van der Waals surface area contributed by atoms with Crippen molar-refractivity contribution in [3.63, 3.8) is 0 Å². The van der Waals surface area contributed by atoms with Crippen LogP contribution in [0, 0.1) is 0 Å². The zero-order valence-corrected chi connectivity index (χ0v) is 13.2. The highest BCUT2D eigenvalue weighted by atomic mass is 16.7. The number of aliphatic hydroxyl groups excluding tert-OH is 1. The van der Waals surface area contributed by atoms with Crippen molar-refractivity contribution in [1.82, 2.24) is 0 Å². The van der Waals surface area contributed by atoms with Crippen molar-refractivity contribution >= 4 is 0 Å². The highest BCUT2D eigenvalue weighted by Gasteiger charge is 2.46. The van der Waals surface area contributed by atoms with Gasteiger partial charge in [0, 0.05) is 21.3 Å². The first-order chi connectivity index (χ1) is 10.7. The lowest BCUT2D eigenvalue weighted by Gasteiger charge is -2.43. The van der Waals surface area contributed by atoms with E-state index < -0.39 is 24.6 Å². The summed E-state index contributed by atoms with van der Waals surface area (Å²) in [7, 11) is 4.72. The van der Waals surface area contributed by atoms with Crippen molar-refractivity contribution in [2.75, 3.05) is 27.9 Å². The van der Waals surface area contributed by atoms with Gasteiger partial charge in [-0.2, -0.15) is 0 Å². The number of hydrogen-bond donors (Lipinski definition) is 1. The molecule has 1 aromatic rings. The molecule has 6 heteroatoms. The minimum absolute atomic E-state index is 0.306. The van der Waals surface area contributed by atoms with E-state index >= 15 is 0 Å². The van der Waals surface area contributed by atoms with E-state index in [2.05, 4.69) is 0 Å². The van der Waals surface area contributed by atoms with E-state index in [-0.39, 0.29) is 6.10 Å². The summed E-state index contributed by atoms with van der Waals surface area (Å²) in [4.78, 5) is 0. The molecule has 0 aliphatic carbocycles. The Labute approximate surface area is 130 Å². The lowest BCUT2D eigenvalue weighted by Crippen LogP contribution is -2.60. The second-order valence-electron chi connectivity index (χ2n) is 5.18. The molecule has 124 valence electrons. The zero-order chi connectivity index (χ0) is 15.9. The number of ether oxygens (including phenoxy) is 5. The predicted octanol–water partition coefficient (Wildman–Crippen LogP) is 0.965. The smallest absolute Gasteiger partial charge is 0.184 e. The first-order valence-corrected chi connectivity index (χ1v) is 7.24. The Hall–Kier alpha value is -1.02. The summed E-state index contributed by atoms with van der Waals surface area (Å²) >= 11 is 0. The highest BCUT2D eigenvalue weighted by molar-refractivity contribution is 5.13. The molecule has 0 saturated carbocycles. The summed E-state index contributed by atoms with van der Waals surface area (Å²) in [5.74, 6) is 0. The maximum atomic E-state index is 10.2. The molecule has 0 unspecified atom stereocenters. The molecule has 0 aromatic heterocycles. The molecule has 1 N–H and O–H groups in total. The van der Waals surface area contributed by atoms with E-state index in [1.54, 1.807) is 21.3 Å². The molecule has 0 spiro atoms. The molecule has 1 heterocycles. The maximum Gasteiger partial charge on any atom is 0.184 e. The maximum absolute atomic E-state index is 10.2. The Morgan fingerprint density at radius 2 is 1.68 bits per heavy atom. The van der Waals surface area contributed by atoms with E-state index in [0.29, 0.717) is 13.2 Å². The third-order valence-electron chi connectivity index (χ3n) is 3.77. The average Bonchev–Trinajstić information content (AvgIpc) is 2.54. The molecule has 1 fully saturated rings. The van der Waals surface area contributed by atoms with Crippen LogP contribution in [0.5, 0.6) is 0 Å². The molecule has 5 atom stereocenters. The van der Waals surface area contributed by atoms with Crippen LogP contribution in [-0.4, -0.2) is 63.7 Å². The van der Waals surface area contributed by atoms with Gasteiger partial charge in [-0.25, -0.2) is 0 Å². The van der Waals surface area contributed by atoms with Gasteiger partial charge in [-0.05, 0) is 5.56 Å². The van der Waals surface area contributed by atoms with Crippen LogP contribution in [0.15, 0.2) is 30.3 Å². The van der Waals surface area contributed by atoms with Crippen molar-refractivity contribution in [3.8, 4) is 0 Å². The number of aliphatic hydroxyl groups is 1. The number of rotatable bonds is 7. The Morgan fingerprint density at radius 3 is 2.27 bits per heavy atom. The summed E-state index contributed by atoms with van der Waals surface area (Å²) < 4.78 is 27.5. The minimum Gasteiger partial charge on any atom is -0.382 e. The van der Waals surface area contributed by atoms with Crippen LogP contribution in [0.2, 0.25) is 0 Å². The molecule has 0 amide bonds. The lowest BCUT2D eigenvalue weighted by molar-refractivity contribution is -0.306. The average molecular weight is 312 g/mol. The van der Waals surface area contributed by atoms with Crippen LogP contribution in [0.1, 0.15) is 5.56 Å². The molecular formula is C16H24O6. The fourth-order valence-corrected chi connectivity index (χ4v) is 2.69. The second kappa shape index (κ2) is 8.57. The lowest BCUT2D eigenvalue weighted by atomic mass is 9.98. The predicted molar refractivity (Wildman–Crippen MR) is 79.4 cm³/mol. The standard InChI is InChI=1S/C16H24O6/c1-18-10-12-13(19-2)14(20-3)15(16(17)22-12)21-9-11-7-5-4-6-8-11/h4-8,12-17H,9-10H2,1-3H3/t12-,13+,14+,15-,16+/m1/s1. The normalized spacial score (nSPS) is 32.1. The summed E-state index contributed by atoms with van der Waals surface area (Å²) in [6, 6.07) is 9.73. The summed E-state index contributed by atoms with van der Waals surface area (Å²) in [5.41, 5.74) is 1.01. The third kappa shape index (κ3) is 4.04. The topological polar surface area (TPSA) is 66.4 Å². The van der Waals surface area contributed by atoms with Crippen LogP contribution < -0.4 is 0 Å². The van der Waals surface area contributed by atoms with Gasteiger partial charge >= 0.3 is 0 Å². The third-order valence-corrected chi connectivity index (χ3v) is 3.77. The number of methoxy groups -OCH3 is 3.